The van der Waals surface area contributed by atoms with Crippen molar-refractivity contribution < 1.29 is 28.2 Å². The molecule has 3 aliphatic rings. The van der Waals surface area contributed by atoms with E-state index < -0.39 is 23.3 Å². The molecule has 3 aliphatic heterocycles. The van der Waals surface area contributed by atoms with Crippen molar-refractivity contribution in [2.45, 2.75) is 31.3 Å². The minimum atomic E-state index is -1.36. The third-order valence-corrected chi connectivity index (χ3v) is 6.51. The first-order valence-corrected chi connectivity index (χ1v) is 11.0. The predicted molar refractivity (Wildman–Crippen MR) is 115 cm³/mol. The van der Waals surface area contributed by atoms with Crippen LogP contribution in [-0.2, 0) is 15.1 Å². The summed E-state index contributed by atoms with van der Waals surface area (Å²) in [7, 11) is 0. The summed E-state index contributed by atoms with van der Waals surface area (Å²) in [6.45, 7) is 2.71. The lowest BCUT2D eigenvalue weighted by atomic mass is 9.92. The second-order valence-corrected chi connectivity index (χ2v) is 8.60. The van der Waals surface area contributed by atoms with E-state index in [0.717, 1.165) is 23.3 Å². The number of imide groups is 1. The molecule has 0 unspecified atom stereocenters. The fourth-order valence-electron chi connectivity index (χ4n) is 4.72. The zero-order valence-corrected chi connectivity index (χ0v) is 18.2. The first-order chi connectivity index (χ1) is 15.9. The van der Waals surface area contributed by atoms with Crippen molar-refractivity contribution in [2.24, 2.45) is 0 Å². The van der Waals surface area contributed by atoms with E-state index in [0.29, 0.717) is 36.8 Å². The third-order valence-electron chi connectivity index (χ3n) is 6.51. The topological polar surface area (TPSA) is 88.2 Å². The Bertz CT molecular complexity index is 1120. The molecule has 0 bridgehead atoms. The van der Waals surface area contributed by atoms with Crippen LogP contribution in [-0.4, -0.2) is 53.9 Å². The van der Waals surface area contributed by atoms with Gasteiger partial charge in [0.25, 0.3) is 5.91 Å². The SMILES string of the molecule is C[C@@]1(c2ccc(F)cc2)NC(=O)N(CC(=O)N2CCC[C@@H]2c2ccc3c(c2)OCCO3)C1=O. The van der Waals surface area contributed by atoms with Crippen LogP contribution in [0.4, 0.5) is 9.18 Å². The molecule has 4 amide bonds. The van der Waals surface area contributed by atoms with Gasteiger partial charge in [0.2, 0.25) is 5.91 Å². The average molecular weight is 453 g/mol. The second kappa shape index (κ2) is 8.06. The molecule has 3 heterocycles. The standard InChI is InChI=1S/C24H24FN3O5/c1-24(16-5-7-17(25)8-6-16)22(30)28(23(31)26-24)14-21(29)27-10-2-3-18(27)15-4-9-19-20(13-15)33-12-11-32-19/h4-9,13,18H,2-3,10-12,14H2,1H3,(H,26,31)/t18-,24+/m1/s1. The number of urea groups is 1. The molecule has 5 rings (SSSR count). The van der Waals surface area contributed by atoms with Gasteiger partial charge in [0.15, 0.2) is 11.5 Å². The number of rotatable bonds is 4. The van der Waals surface area contributed by atoms with Crippen LogP contribution in [0.2, 0.25) is 0 Å². The predicted octanol–water partition coefficient (Wildman–Crippen LogP) is 2.73. The Morgan fingerprint density at radius 1 is 1.12 bits per heavy atom. The number of nitrogens with zero attached hydrogens (tertiary/aromatic N) is 2. The number of hydrogen-bond donors (Lipinski definition) is 1. The molecule has 172 valence electrons. The number of ether oxygens (including phenoxy) is 2. The molecular formula is C24H24FN3O5. The van der Waals surface area contributed by atoms with Gasteiger partial charge >= 0.3 is 6.03 Å². The molecule has 33 heavy (non-hydrogen) atoms. The zero-order chi connectivity index (χ0) is 23.2. The normalized spacial score (nSPS) is 24.2. The van der Waals surface area contributed by atoms with Crippen LogP contribution in [0.25, 0.3) is 0 Å². The van der Waals surface area contributed by atoms with Gasteiger partial charge in [-0.05, 0) is 55.2 Å². The van der Waals surface area contributed by atoms with Gasteiger partial charge < -0.3 is 19.7 Å². The summed E-state index contributed by atoms with van der Waals surface area (Å²) in [4.78, 5) is 41.6. The highest BCUT2D eigenvalue weighted by molar-refractivity contribution is 6.09. The van der Waals surface area contributed by atoms with E-state index in [-0.39, 0.29) is 18.5 Å². The lowest BCUT2D eigenvalue weighted by Crippen LogP contribution is -2.44. The highest BCUT2D eigenvalue weighted by atomic mass is 19.1. The van der Waals surface area contributed by atoms with Crippen LogP contribution < -0.4 is 14.8 Å². The number of carbonyl (C=O) groups excluding carboxylic acids is 3. The molecule has 0 saturated carbocycles. The van der Waals surface area contributed by atoms with Crippen molar-refractivity contribution in [3.63, 3.8) is 0 Å². The number of nitrogens with one attached hydrogen (secondary N) is 1. The van der Waals surface area contributed by atoms with E-state index in [1.165, 1.54) is 24.3 Å². The molecule has 9 heteroatoms. The van der Waals surface area contributed by atoms with Crippen LogP contribution in [0.5, 0.6) is 11.5 Å². The minimum absolute atomic E-state index is 0.169. The van der Waals surface area contributed by atoms with Gasteiger partial charge in [0, 0.05) is 6.54 Å². The summed E-state index contributed by atoms with van der Waals surface area (Å²) in [5.74, 6) is 0.0506. The van der Waals surface area contributed by atoms with Gasteiger partial charge in [0.05, 0.1) is 6.04 Å². The summed E-state index contributed by atoms with van der Waals surface area (Å²) < 4.78 is 24.6. The van der Waals surface area contributed by atoms with E-state index in [9.17, 15) is 18.8 Å². The highest BCUT2D eigenvalue weighted by Gasteiger charge is 2.50. The Labute approximate surface area is 190 Å². The van der Waals surface area contributed by atoms with E-state index in [2.05, 4.69) is 5.32 Å². The number of amides is 4. The Hall–Kier alpha value is -3.62. The smallest absolute Gasteiger partial charge is 0.325 e. The number of hydrogen-bond acceptors (Lipinski definition) is 5. The van der Waals surface area contributed by atoms with Crippen molar-refractivity contribution in [3.8, 4) is 11.5 Å². The van der Waals surface area contributed by atoms with Gasteiger partial charge in [0.1, 0.15) is 31.1 Å². The number of fused-ring (bicyclic) bond motifs is 1. The van der Waals surface area contributed by atoms with Gasteiger partial charge in [-0.1, -0.05) is 18.2 Å². The summed E-state index contributed by atoms with van der Waals surface area (Å²) in [6.07, 6.45) is 1.59. The summed E-state index contributed by atoms with van der Waals surface area (Å²) >= 11 is 0. The van der Waals surface area contributed by atoms with Gasteiger partial charge in [-0.25, -0.2) is 9.18 Å². The van der Waals surface area contributed by atoms with E-state index in [1.54, 1.807) is 11.8 Å². The van der Waals surface area contributed by atoms with Crippen molar-refractivity contribution in [2.75, 3.05) is 26.3 Å². The molecule has 2 aromatic carbocycles. The molecule has 0 radical (unpaired) electrons. The molecule has 2 aromatic rings. The van der Waals surface area contributed by atoms with Gasteiger partial charge in [-0.15, -0.1) is 0 Å². The maximum atomic E-state index is 13.3. The lowest BCUT2D eigenvalue weighted by molar-refractivity contribution is -0.139. The molecule has 2 atom stereocenters. The van der Waals surface area contributed by atoms with Crippen LogP contribution in [0.1, 0.15) is 36.9 Å². The summed E-state index contributed by atoms with van der Waals surface area (Å²) in [6, 6.07) is 10.2. The first kappa shape index (κ1) is 21.2. The molecule has 1 N–H and O–H groups in total. The Morgan fingerprint density at radius 3 is 2.61 bits per heavy atom. The quantitative estimate of drug-likeness (QED) is 0.720. The fourth-order valence-corrected chi connectivity index (χ4v) is 4.72. The molecule has 0 aromatic heterocycles. The monoisotopic (exact) mass is 453 g/mol. The highest BCUT2D eigenvalue weighted by Crippen LogP contribution is 2.38. The average Bonchev–Trinajstić information content (AvgIpc) is 3.39. The van der Waals surface area contributed by atoms with Crippen LogP contribution in [0.15, 0.2) is 42.5 Å². The maximum absolute atomic E-state index is 13.3. The van der Waals surface area contributed by atoms with E-state index in [1.807, 2.05) is 18.2 Å². The van der Waals surface area contributed by atoms with Crippen molar-refractivity contribution in [3.05, 3.63) is 59.4 Å². The Balaban J connectivity index is 1.33. The van der Waals surface area contributed by atoms with E-state index in [4.69, 9.17) is 9.47 Å². The molecule has 0 aliphatic carbocycles. The Kier molecular flexibility index (Phi) is 5.19. The van der Waals surface area contributed by atoms with Crippen molar-refractivity contribution in [1.82, 2.24) is 15.1 Å². The zero-order valence-electron chi connectivity index (χ0n) is 18.2. The van der Waals surface area contributed by atoms with Crippen LogP contribution in [0, 0.1) is 5.82 Å². The van der Waals surface area contributed by atoms with Gasteiger partial charge in [-0.2, -0.15) is 0 Å². The minimum Gasteiger partial charge on any atom is -0.486 e. The number of likely N-dealkylation sites (tertiary alicyclic amines) is 1. The fraction of sp³-hybridized carbons (Fsp3) is 0.375. The van der Waals surface area contributed by atoms with Crippen molar-refractivity contribution in [1.29, 1.82) is 0 Å². The molecule has 0 spiro atoms. The molecule has 2 fully saturated rings. The summed E-state index contributed by atoms with van der Waals surface area (Å²) in [5.41, 5.74) is 0.0247. The summed E-state index contributed by atoms with van der Waals surface area (Å²) in [5, 5.41) is 2.65. The molecular weight excluding hydrogens is 429 g/mol. The maximum Gasteiger partial charge on any atom is 0.325 e. The van der Waals surface area contributed by atoms with Crippen molar-refractivity contribution >= 4 is 17.8 Å². The largest absolute Gasteiger partial charge is 0.486 e. The number of carbonyl (C=O) groups is 3. The van der Waals surface area contributed by atoms with Crippen LogP contribution >= 0.6 is 0 Å². The number of benzene rings is 2. The Morgan fingerprint density at radius 2 is 1.85 bits per heavy atom. The molecule has 8 nitrogen and oxygen atoms in total. The first-order valence-electron chi connectivity index (χ1n) is 11.0. The number of halogens is 1. The van der Waals surface area contributed by atoms with Crippen LogP contribution in [0.3, 0.4) is 0 Å². The third kappa shape index (κ3) is 3.67. The van der Waals surface area contributed by atoms with Gasteiger partial charge in [-0.3, -0.25) is 14.5 Å². The molecule has 2 saturated heterocycles. The second-order valence-electron chi connectivity index (χ2n) is 8.60. The van der Waals surface area contributed by atoms with E-state index >= 15 is 0 Å². The lowest BCUT2D eigenvalue weighted by Gasteiger charge is -2.28.